The summed E-state index contributed by atoms with van der Waals surface area (Å²) in [5.74, 6) is 0. The van der Waals surface area contributed by atoms with Gasteiger partial charge in [0.15, 0.2) is 0 Å². The standard InChI is InChI=1S/C18H12BrN/c19-16-11-6-10-15-14-9-4-5-12-17(14)20(18(15)16)13-7-2-1-3-8-13/h1-12H. The molecule has 0 aliphatic carbocycles. The molecule has 0 radical (unpaired) electrons. The van der Waals surface area contributed by atoms with Gasteiger partial charge in [-0.3, -0.25) is 0 Å². The molecular weight excluding hydrogens is 310 g/mol. The fraction of sp³-hybridized carbons (Fsp3) is 0. The number of fused-ring (bicyclic) bond motifs is 3. The van der Waals surface area contributed by atoms with E-state index >= 15 is 0 Å². The van der Waals surface area contributed by atoms with Crippen molar-refractivity contribution >= 4 is 37.7 Å². The molecule has 0 unspecified atom stereocenters. The zero-order valence-electron chi connectivity index (χ0n) is 10.8. The van der Waals surface area contributed by atoms with Gasteiger partial charge in [-0.15, -0.1) is 0 Å². The van der Waals surface area contributed by atoms with E-state index in [0.717, 1.165) is 4.47 Å². The van der Waals surface area contributed by atoms with E-state index < -0.39 is 0 Å². The molecule has 20 heavy (non-hydrogen) atoms. The SMILES string of the molecule is Brc1cccc2c3ccccc3n(-c3ccccc3)c12. The van der Waals surface area contributed by atoms with Crippen LogP contribution >= 0.6 is 15.9 Å². The maximum Gasteiger partial charge on any atom is 0.0683 e. The molecule has 1 aromatic heterocycles. The molecule has 4 aromatic rings. The molecule has 2 heteroatoms. The van der Waals surface area contributed by atoms with Crippen molar-refractivity contribution in [2.24, 2.45) is 0 Å². The summed E-state index contributed by atoms with van der Waals surface area (Å²) >= 11 is 3.70. The molecule has 0 aliphatic heterocycles. The topological polar surface area (TPSA) is 4.93 Å². The maximum atomic E-state index is 3.70. The van der Waals surface area contributed by atoms with E-state index in [1.54, 1.807) is 0 Å². The van der Waals surface area contributed by atoms with Gasteiger partial charge in [0.1, 0.15) is 0 Å². The number of nitrogens with zero attached hydrogens (tertiary/aromatic N) is 1. The van der Waals surface area contributed by atoms with Crippen molar-refractivity contribution in [1.82, 2.24) is 4.57 Å². The lowest BCUT2D eigenvalue weighted by Crippen LogP contribution is -1.93. The van der Waals surface area contributed by atoms with Crippen LogP contribution in [0.25, 0.3) is 27.5 Å². The van der Waals surface area contributed by atoms with Gasteiger partial charge in [-0.1, -0.05) is 48.5 Å². The van der Waals surface area contributed by atoms with Crippen LogP contribution < -0.4 is 0 Å². The van der Waals surface area contributed by atoms with E-state index in [4.69, 9.17) is 0 Å². The molecule has 4 rings (SSSR count). The summed E-state index contributed by atoms with van der Waals surface area (Å²) in [5.41, 5.74) is 3.64. The number of para-hydroxylation sites is 3. The lowest BCUT2D eigenvalue weighted by Gasteiger charge is -2.08. The molecule has 0 fully saturated rings. The van der Waals surface area contributed by atoms with Gasteiger partial charge in [0.05, 0.1) is 11.0 Å². The molecule has 0 spiro atoms. The van der Waals surface area contributed by atoms with Crippen molar-refractivity contribution in [3.63, 3.8) is 0 Å². The van der Waals surface area contributed by atoms with Crippen LogP contribution in [0.1, 0.15) is 0 Å². The van der Waals surface area contributed by atoms with Crippen LogP contribution in [-0.2, 0) is 0 Å². The third-order valence-electron chi connectivity index (χ3n) is 3.66. The summed E-state index contributed by atoms with van der Waals surface area (Å²) in [7, 11) is 0. The Morgan fingerprint density at radius 1 is 0.650 bits per heavy atom. The van der Waals surface area contributed by atoms with Crippen LogP contribution in [0.2, 0.25) is 0 Å². The zero-order chi connectivity index (χ0) is 13.5. The maximum absolute atomic E-state index is 3.70. The van der Waals surface area contributed by atoms with Crippen molar-refractivity contribution in [3.05, 3.63) is 77.3 Å². The van der Waals surface area contributed by atoms with Crippen molar-refractivity contribution in [2.45, 2.75) is 0 Å². The fourth-order valence-electron chi connectivity index (χ4n) is 2.82. The third kappa shape index (κ3) is 1.61. The summed E-state index contributed by atoms with van der Waals surface area (Å²) in [6.07, 6.45) is 0. The monoisotopic (exact) mass is 321 g/mol. The molecule has 0 amide bonds. The Bertz CT molecular complexity index is 907. The summed E-state index contributed by atoms with van der Waals surface area (Å²) in [5, 5.41) is 2.56. The Labute approximate surface area is 125 Å². The lowest BCUT2D eigenvalue weighted by molar-refractivity contribution is 1.18. The van der Waals surface area contributed by atoms with Gasteiger partial charge in [0.2, 0.25) is 0 Å². The predicted octanol–water partition coefficient (Wildman–Crippen LogP) is 5.55. The normalized spacial score (nSPS) is 11.2. The van der Waals surface area contributed by atoms with Crippen molar-refractivity contribution in [3.8, 4) is 5.69 Å². The predicted molar refractivity (Wildman–Crippen MR) is 88.5 cm³/mol. The minimum Gasteiger partial charge on any atom is -0.308 e. The third-order valence-corrected chi connectivity index (χ3v) is 4.30. The summed E-state index contributed by atoms with van der Waals surface area (Å²) in [6, 6.07) is 25.4. The Hall–Kier alpha value is -2.06. The molecule has 0 atom stereocenters. The Kier molecular flexibility index (Phi) is 2.64. The number of benzene rings is 3. The van der Waals surface area contributed by atoms with Crippen LogP contribution in [0.5, 0.6) is 0 Å². The van der Waals surface area contributed by atoms with Gasteiger partial charge in [0.25, 0.3) is 0 Å². The van der Waals surface area contributed by atoms with Crippen LogP contribution in [0, 0.1) is 0 Å². The summed E-state index contributed by atoms with van der Waals surface area (Å²) in [6.45, 7) is 0. The fourth-order valence-corrected chi connectivity index (χ4v) is 3.37. The molecule has 0 saturated heterocycles. The van der Waals surface area contributed by atoms with Crippen molar-refractivity contribution < 1.29 is 0 Å². The molecule has 1 heterocycles. The highest BCUT2D eigenvalue weighted by atomic mass is 79.9. The highest BCUT2D eigenvalue weighted by Crippen LogP contribution is 2.35. The molecule has 3 aromatic carbocycles. The Morgan fingerprint density at radius 2 is 1.35 bits per heavy atom. The molecule has 0 bridgehead atoms. The molecule has 0 N–H and O–H groups in total. The minimum atomic E-state index is 1.12. The number of halogens is 1. The van der Waals surface area contributed by atoms with E-state index in [1.165, 1.54) is 27.5 Å². The second-order valence-electron chi connectivity index (χ2n) is 4.82. The highest BCUT2D eigenvalue weighted by Gasteiger charge is 2.13. The first-order chi connectivity index (χ1) is 9.86. The summed E-state index contributed by atoms with van der Waals surface area (Å²) < 4.78 is 3.43. The highest BCUT2D eigenvalue weighted by molar-refractivity contribution is 9.10. The van der Waals surface area contributed by atoms with E-state index in [-0.39, 0.29) is 0 Å². The number of aromatic nitrogens is 1. The lowest BCUT2D eigenvalue weighted by atomic mass is 10.2. The zero-order valence-corrected chi connectivity index (χ0v) is 12.3. The van der Waals surface area contributed by atoms with Crippen molar-refractivity contribution in [2.75, 3.05) is 0 Å². The average Bonchev–Trinajstić information content (AvgIpc) is 2.84. The molecular formula is C18H12BrN. The van der Waals surface area contributed by atoms with Crippen LogP contribution in [-0.4, -0.2) is 4.57 Å². The van der Waals surface area contributed by atoms with Gasteiger partial charge in [0, 0.05) is 20.9 Å². The van der Waals surface area contributed by atoms with Gasteiger partial charge >= 0.3 is 0 Å². The smallest absolute Gasteiger partial charge is 0.0683 e. The average molecular weight is 322 g/mol. The van der Waals surface area contributed by atoms with Gasteiger partial charge in [-0.25, -0.2) is 0 Å². The second kappa shape index (κ2) is 4.50. The minimum absolute atomic E-state index is 1.12. The second-order valence-corrected chi connectivity index (χ2v) is 5.68. The van der Waals surface area contributed by atoms with Crippen molar-refractivity contribution in [1.29, 1.82) is 0 Å². The Morgan fingerprint density at radius 3 is 2.20 bits per heavy atom. The quantitative estimate of drug-likeness (QED) is 0.433. The first-order valence-electron chi connectivity index (χ1n) is 6.59. The first kappa shape index (κ1) is 11.7. The van der Waals surface area contributed by atoms with Gasteiger partial charge in [-0.2, -0.15) is 0 Å². The largest absolute Gasteiger partial charge is 0.308 e. The van der Waals surface area contributed by atoms with Crippen LogP contribution in [0.15, 0.2) is 77.3 Å². The van der Waals surface area contributed by atoms with Crippen LogP contribution in [0.3, 0.4) is 0 Å². The van der Waals surface area contributed by atoms with E-state index in [1.807, 2.05) is 6.07 Å². The number of rotatable bonds is 1. The molecule has 0 aliphatic rings. The number of hydrogen-bond donors (Lipinski definition) is 0. The molecule has 96 valence electrons. The summed E-state index contributed by atoms with van der Waals surface area (Å²) in [4.78, 5) is 0. The molecule has 0 saturated carbocycles. The van der Waals surface area contributed by atoms with E-state index in [9.17, 15) is 0 Å². The van der Waals surface area contributed by atoms with Gasteiger partial charge < -0.3 is 4.57 Å². The number of hydrogen-bond acceptors (Lipinski definition) is 0. The Balaban J connectivity index is 2.27. The van der Waals surface area contributed by atoms with E-state index in [0.29, 0.717) is 0 Å². The van der Waals surface area contributed by atoms with E-state index in [2.05, 4.69) is 87.2 Å². The molecule has 1 nitrogen and oxygen atoms in total. The first-order valence-corrected chi connectivity index (χ1v) is 7.38. The van der Waals surface area contributed by atoms with Crippen LogP contribution in [0.4, 0.5) is 0 Å². The van der Waals surface area contributed by atoms with Gasteiger partial charge in [-0.05, 0) is 40.2 Å².